The second-order valence-electron chi connectivity index (χ2n) is 9.24. The van der Waals surface area contributed by atoms with Crippen molar-refractivity contribution in [1.82, 2.24) is 14.5 Å². The van der Waals surface area contributed by atoms with Crippen LogP contribution in [0.15, 0.2) is 34.4 Å². The molecule has 2 saturated heterocycles. The molecule has 2 unspecified atom stereocenters. The van der Waals surface area contributed by atoms with Crippen LogP contribution >= 0.6 is 11.3 Å². The van der Waals surface area contributed by atoms with E-state index in [-0.39, 0.29) is 29.2 Å². The van der Waals surface area contributed by atoms with Gasteiger partial charge in [0.25, 0.3) is 11.5 Å². The monoisotopic (exact) mass is 506 g/mol. The van der Waals surface area contributed by atoms with Crippen LogP contribution < -0.4 is 16.2 Å². The van der Waals surface area contributed by atoms with E-state index in [0.717, 1.165) is 24.2 Å². The lowest BCUT2D eigenvalue weighted by Gasteiger charge is -2.33. The minimum absolute atomic E-state index is 0.0734. The van der Waals surface area contributed by atoms with Gasteiger partial charge in [0.1, 0.15) is 16.3 Å². The van der Waals surface area contributed by atoms with Crippen molar-refractivity contribution < 1.29 is 14.7 Å². The molecule has 1 amide bonds. The Kier molecular flexibility index (Phi) is 6.47. The quantitative estimate of drug-likeness (QED) is 0.534. The third kappa shape index (κ3) is 4.23. The predicted octanol–water partition coefficient (Wildman–Crippen LogP) is 1.99. The Morgan fingerprint density at radius 1 is 1.22 bits per heavy atom. The molecule has 2 aliphatic rings. The maximum atomic E-state index is 13.8. The molecule has 0 saturated carbocycles. The van der Waals surface area contributed by atoms with Crippen molar-refractivity contribution in [3.05, 3.63) is 56.7 Å². The van der Waals surface area contributed by atoms with Crippen molar-refractivity contribution in [2.24, 2.45) is 5.73 Å². The molecule has 36 heavy (non-hydrogen) atoms. The number of rotatable bonds is 5. The van der Waals surface area contributed by atoms with Crippen LogP contribution in [0.25, 0.3) is 10.2 Å². The van der Waals surface area contributed by atoms with Gasteiger partial charge >= 0.3 is 5.97 Å². The third-order valence-electron chi connectivity index (χ3n) is 6.89. The van der Waals surface area contributed by atoms with Crippen LogP contribution in [0, 0.1) is 11.3 Å². The minimum atomic E-state index is -1.03. The Labute approximate surface area is 211 Å². The Bertz CT molecular complexity index is 1440. The zero-order chi connectivity index (χ0) is 25.4. The van der Waals surface area contributed by atoms with Gasteiger partial charge in [-0.15, -0.1) is 11.3 Å². The number of likely N-dealkylation sites (tertiary alicyclic amines) is 1. The number of nitriles is 1. The average Bonchev–Trinajstić information content (AvgIpc) is 3.53. The standard InChI is InChI=1S/C25H26N6O4S/c26-11-15-5-1-2-6-16(15)12-31-23(33)21-20(28-25(31)29-9-3-7-17(27)13-29)18(14-36-21)22(32)30-10-4-8-19(30)24(34)35/h1-2,5-6,14,17,19H,3-4,7-10,12-13,27H2,(H,34,35). The molecule has 4 heterocycles. The zero-order valence-electron chi connectivity index (χ0n) is 19.6. The Morgan fingerprint density at radius 3 is 2.75 bits per heavy atom. The van der Waals surface area contributed by atoms with Crippen LogP contribution in [0.2, 0.25) is 0 Å². The number of nitrogens with two attached hydrogens (primary N) is 1. The summed E-state index contributed by atoms with van der Waals surface area (Å²) in [4.78, 5) is 47.0. The number of thiophene rings is 1. The molecule has 11 heteroatoms. The number of hydrogen-bond donors (Lipinski definition) is 2. The lowest BCUT2D eigenvalue weighted by Crippen LogP contribution is -2.45. The van der Waals surface area contributed by atoms with Crippen LogP contribution in [0.1, 0.15) is 47.2 Å². The van der Waals surface area contributed by atoms with E-state index in [0.29, 0.717) is 54.3 Å². The van der Waals surface area contributed by atoms with Crippen molar-refractivity contribution in [3.8, 4) is 6.07 Å². The number of carboxylic acids is 1. The van der Waals surface area contributed by atoms with E-state index in [1.54, 1.807) is 22.1 Å². The fraction of sp³-hybridized carbons (Fsp3) is 0.400. The van der Waals surface area contributed by atoms with Crippen LogP contribution in [0.4, 0.5) is 5.95 Å². The molecule has 3 N–H and O–H groups in total. The van der Waals surface area contributed by atoms with E-state index in [2.05, 4.69) is 6.07 Å². The van der Waals surface area contributed by atoms with Crippen LogP contribution in [0.5, 0.6) is 0 Å². The van der Waals surface area contributed by atoms with E-state index < -0.39 is 17.9 Å². The topological polar surface area (TPSA) is 146 Å². The predicted molar refractivity (Wildman–Crippen MR) is 135 cm³/mol. The molecular weight excluding hydrogens is 480 g/mol. The number of benzene rings is 1. The number of amides is 1. The highest BCUT2D eigenvalue weighted by Gasteiger charge is 2.36. The molecule has 0 bridgehead atoms. The van der Waals surface area contributed by atoms with Gasteiger partial charge in [0.05, 0.1) is 23.7 Å². The maximum Gasteiger partial charge on any atom is 0.326 e. The van der Waals surface area contributed by atoms with Crippen molar-refractivity contribution in [2.75, 3.05) is 24.5 Å². The summed E-state index contributed by atoms with van der Waals surface area (Å²) in [6, 6.07) is 8.34. The van der Waals surface area contributed by atoms with E-state index >= 15 is 0 Å². The minimum Gasteiger partial charge on any atom is -0.480 e. The highest BCUT2D eigenvalue weighted by atomic mass is 32.1. The fourth-order valence-corrected chi connectivity index (χ4v) is 6.00. The summed E-state index contributed by atoms with van der Waals surface area (Å²) in [6.07, 6.45) is 2.72. The first-order valence-electron chi connectivity index (χ1n) is 11.9. The molecule has 0 radical (unpaired) electrons. The number of nitrogens with zero attached hydrogens (tertiary/aromatic N) is 5. The Hall–Kier alpha value is -3.75. The average molecular weight is 507 g/mol. The van der Waals surface area contributed by atoms with E-state index in [1.807, 2.05) is 17.0 Å². The maximum absolute atomic E-state index is 13.8. The summed E-state index contributed by atoms with van der Waals surface area (Å²) >= 11 is 1.13. The number of fused-ring (bicyclic) bond motifs is 1. The third-order valence-corrected chi connectivity index (χ3v) is 7.85. The van der Waals surface area contributed by atoms with E-state index in [4.69, 9.17) is 10.7 Å². The molecule has 2 aliphatic heterocycles. The van der Waals surface area contributed by atoms with E-state index in [9.17, 15) is 24.8 Å². The van der Waals surface area contributed by atoms with Crippen LogP contribution in [-0.4, -0.2) is 63.2 Å². The molecule has 3 aromatic rings. The number of carboxylic acid groups (broad SMARTS) is 1. The van der Waals surface area contributed by atoms with Gasteiger partial charge in [-0.1, -0.05) is 18.2 Å². The first-order chi connectivity index (χ1) is 17.4. The smallest absolute Gasteiger partial charge is 0.326 e. The number of aromatic nitrogens is 2. The molecule has 10 nitrogen and oxygen atoms in total. The van der Waals surface area contributed by atoms with Crippen LogP contribution in [0.3, 0.4) is 0 Å². The van der Waals surface area contributed by atoms with Gasteiger partial charge in [-0.3, -0.25) is 14.2 Å². The summed E-state index contributed by atoms with van der Waals surface area (Å²) < 4.78 is 1.88. The van der Waals surface area contributed by atoms with Crippen molar-refractivity contribution >= 4 is 39.4 Å². The first kappa shape index (κ1) is 24.0. The van der Waals surface area contributed by atoms with Gasteiger partial charge in [0, 0.05) is 31.1 Å². The molecule has 1 aromatic carbocycles. The van der Waals surface area contributed by atoms with Gasteiger partial charge < -0.3 is 20.6 Å². The lowest BCUT2D eigenvalue weighted by atomic mass is 10.1. The largest absolute Gasteiger partial charge is 0.480 e. The fourth-order valence-electron chi connectivity index (χ4n) is 5.07. The molecular formula is C25H26N6O4S. The Balaban J connectivity index is 1.64. The SMILES string of the molecule is N#Cc1ccccc1Cn1c(N2CCCC(N)C2)nc2c(C(=O)N3CCCC3C(=O)O)csc2c1=O. The van der Waals surface area contributed by atoms with Crippen molar-refractivity contribution in [3.63, 3.8) is 0 Å². The lowest BCUT2D eigenvalue weighted by molar-refractivity contribution is -0.141. The second-order valence-corrected chi connectivity index (χ2v) is 10.1. The number of carbonyl (C=O) groups excluding carboxylic acids is 1. The number of piperidine rings is 1. The number of hydrogen-bond acceptors (Lipinski definition) is 8. The molecule has 2 aromatic heterocycles. The van der Waals surface area contributed by atoms with Gasteiger partial charge in [-0.25, -0.2) is 9.78 Å². The van der Waals surface area contributed by atoms with E-state index in [1.165, 1.54) is 4.90 Å². The number of aliphatic carboxylic acids is 1. The van der Waals surface area contributed by atoms with Gasteiger partial charge in [0.15, 0.2) is 0 Å². The highest BCUT2D eigenvalue weighted by molar-refractivity contribution is 7.17. The zero-order valence-corrected chi connectivity index (χ0v) is 20.4. The molecule has 0 aliphatic carbocycles. The van der Waals surface area contributed by atoms with Crippen molar-refractivity contribution in [1.29, 1.82) is 5.26 Å². The van der Waals surface area contributed by atoms with Gasteiger partial charge in [0.2, 0.25) is 5.95 Å². The summed E-state index contributed by atoms with van der Waals surface area (Å²) in [5, 5.41) is 20.7. The molecule has 186 valence electrons. The summed E-state index contributed by atoms with van der Waals surface area (Å²) in [7, 11) is 0. The highest BCUT2D eigenvalue weighted by Crippen LogP contribution is 2.29. The molecule has 2 fully saturated rings. The summed E-state index contributed by atoms with van der Waals surface area (Å²) in [5.41, 5.74) is 7.62. The number of anilines is 1. The van der Waals surface area contributed by atoms with Crippen LogP contribution in [-0.2, 0) is 11.3 Å². The Morgan fingerprint density at radius 2 is 2.00 bits per heavy atom. The van der Waals surface area contributed by atoms with Gasteiger partial charge in [-0.2, -0.15) is 5.26 Å². The summed E-state index contributed by atoms with van der Waals surface area (Å²) in [5.74, 6) is -1.05. The summed E-state index contributed by atoms with van der Waals surface area (Å²) in [6.45, 7) is 1.68. The number of carbonyl (C=O) groups is 2. The van der Waals surface area contributed by atoms with Crippen molar-refractivity contribution in [2.45, 2.75) is 44.3 Å². The molecule has 2 atom stereocenters. The normalized spacial score (nSPS) is 20.0. The molecule has 5 rings (SSSR count). The second kappa shape index (κ2) is 9.72. The first-order valence-corrected chi connectivity index (χ1v) is 12.8. The van der Waals surface area contributed by atoms with Gasteiger partial charge in [-0.05, 0) is 37.3 Å². The molecule has 0 spiro atoms.